The predicted molar refractivity (Wildman–Crippen MR) is 98.8 cm³/mol. The van der Waals surface area contributed by atoms with Crippen LogP contribution in [0.15, 0.2) is 42.5 Å². The van der Waals surface area contributed by atoms with E-state index in [9.17, 15) is 23.1 Å². The Morgan fingerprint density at radius 2 is 1.74 bits per heavy atom. The molecule has 2 rings (SSSR count). The van der Waals surface area contributed by atoms with E-state index in [1.807, 2.05) is 0 Å². The molecule has 0 aliphatic carbocycles. The molecule has 0 spiro atoms. The molecule has 0 heterocycles. The van der Waals surface area contributed by atoms with E-state index in [2.05, 4.69) is 4.72 Å². The first kappa shape index (κ1) is 20.2. The molecular formula is C18H19NO7S. The number of phenols is 1. The smallest absolute Gasteiger partial charge is 0.342 e. The minimum Gasteiger partial charge on any atom is -0.507 e. The van der Waals surface area contributed by atoms with Gasteiger partial charge in [-0.3, -0.25) is 9.52 Å². The van der Waals surface area contributed by atoms with Crippen LogP contribution in [0.1, 0.15) is 27.6 Å². The molecule has 2 N–H and O–H groups in total. The quantitative estimate of drug-likeness (QED) is 0.547. The standard InChI is InChI=1S/C18H19NO7S/c1-11(26-18(22)15-9-8-14(25-2)10-16(15)20)17(21)12-4-6-13(7-5-12)19-27(3,23)24/h4-11,19-20H,1-3H3/t11-/m1/s1. The van der Waals surface area contributed by atoms with Gasteiger partial charge in [-0.2, -0.15) is 0 Å². The van der Waals surface area contributed by atoms with Crippen molar-refractivity contribution in [3.63, 3.8) is 0 Å². The van der Waals surface area contributed by atoms with Crippen LogP contribution in [0.4, 0.5) is 5.69 Å². The van der Waals surface area contributed by atoms with Gasteiger partial charge in [-0.05, 0) is 43.3 Å². The Balaban J connectivity index is 2.07. The van der Waals surface area contributed by atoms with Crippen molar-refractivity contribution >= 4 is 27.5 Å². The number of phenolic OH excluding ortho intramolecular Hbond substituents is 1. The van der Waals surface area contributed by atoms with Gasteiger partial charge in [0.2, 0.25) is 15.8 Å². The molecule has 0 fully saturated rings. The Morgan fingerprint density at radius 3 is 2.26 bits per heavy atom. The van der Waals surface area contributed by atoms with E-state index in [0.717, 1.165) is 6.26 Å². The number of aromatic hydroxyl groups is 1. The monoisotopic (exact) mass is 393 g/mol. The molecule has 1 atom stereocenters. The number of Topliss-reactive ketones (excluding diaryl/α,β-unsaturated/α-hetero) is 1. The number of hydrogen-bond donors (Lipinski definition) is 2. The van der Waals surface area contributed by atoms with E-state index in [1.165, 1.54) is 56.5 Å². The van der Waals surface area contributed by atoms with Crippen molar-refractivity contribution in [2.75, 3.05) is 18.1 Å². The summed E-state index contributed by atoms with van der Waals surface area (Å²) < 4.78 is 34.7. The summed E-state index contributed by atoms with van der Waals surface area (Å²) in [6.45, 7) is 1.41. The third kappa shape index (κ3) is 5.45. The van der Waals surface area contributed by atoms with Crippen molar-refractivity contribution in [2.24, 2.45) is 0 Å². The van der Waals surface area contributed by atoms with Gasteiger partial charge in [0, 0.05) is 17.3 Å². The number of ketones is 1. The second kappa shape index (κ2) is 8.09. The van der Waals surface area contributed by atoms with Crippen molar-refractivity contribution < 1.29 is 32.6 Å². The second-order valence-electron chi connectivity index (χ2n) is 5.75. The minimum absolute atomic E-state index is 0.0943. The molecule has 0 aliphatic rings. The Bertz CT molecular complexity index is 952. The molecule has 0 saturated carbocycles. The highest BCUT2D eigenvalue weighted by Gasteiger charge is 2.22. The third-order valence-electron chi connectivity index (χ3n) is 3.55. The summed E-state index contributed by atoms with van der Waals surface area (Å²) in [5.74, 6) is -1.28. The normalized spacial score (nSPS) is 12.1. The van der Waals surface area contributed by atoms with Gasteiger partial charge in [-0.1, -0.05) is 0 Å². The predicted octanol–water partition coefficient (Wildman–Crippen LogP) is 2.20. The van der Waals surface area contributed by atoms with E-state index >= 15 is 0 Å². The van der Waals surface area contributed by atoms with Crippen LogP contribution in [0.3, 0.4) is 0 Å². The van der Waals surface area contributed by atoms with Crippen LogP contribution >= 0.6 is 0 Å². The van der Waals surface area contributed by atoms with Gasteiger partial charge in [0.25, 0.3) is 0 Å². The lowest BCUT2D eigenvalue weighted by molar-refractivity contribution is 0.0316. The first-order valence-corrected chi connectivity index (χ1v) is 9.70. The summed E-state index contributed by atoms with van der Waals surface area (Å²) in [5, 5.41) is 9.86. The highest BCUT2D eigenvalue weighted by Crippen LogP contribution is 2.24. The van der Waals surface area contributed by atoms with E-state index < -0.39 is 27.9 Å². The molecule has 0 unspecified atom stereocenters. The summed E-state index contributed by atoms with van der Waals surface area (Å²) >= 11 is 0. The second-order valence-corrected chi connectivity index (χ2v) is 7.49. The lowest BCUT2D eigenvalue weighted by Gasteiger charge is -2.14. The highest BCUT2D eigenvalue weighted by molar-refractivity contribution is 7.92. The molecule has 8 nitrogen and oxygen atoms in total. The fraction of sp³-hybridized carbons (Fsp3) is 0.222. The maximum atomic E-state index is 12.4. The molecule has 0 aromatic heterocycles. The Labute approximate surface area is 156 Å². The molecule has 0 bridgehead atoms. The number of benzene rings is 2. The largest absolute Gasteiger partial charge is 0.507 e. The number of rotatable bonds is 7. The number of ether oxygens (including phenoxy) is 2. The molecule has 27 heavy (non-hydrogen) atoms. The lowest BCUT2D eigenvalue weighted by atomic mass is 10.1. The van der Waals surface area contributed by atoms with Gasteiger partial charge in [-0.15, -0.1) is 0 Å². The molecule has 0 amide bonds. The lowest BCUT2D eigenvalue weighted by Crippen LogP contribution is -2.24. The Morgan fingerprint density at radius 1 is 1.11 bits per heavy atom. The Kier molecular flexibility index (Phi) is 6.06. The topological polar surface area (TPSA) is 119 Å². The van der Waals surface area contributed by atoms with Gasteiger partial charge in [0.05, 0.1) is 13.4 Å². The van der Waals surface area contributed by atoms with Crippen LogP contribution in [0.25, 0.3) is 0 Å². The van der Waals surface area contributed by atoms with E-state index in [0.29, 0.717) is 11.4 Å². The molecule has 0 saturated heterocycles. The zero-order chi connectivity index (χ0) is 20.2. The average Bonchev–Trinajstić information content (AvgIpc) is 2.60. The summed E-state index contributed by atoms with van der Waals surface area (Å²) in [5.41, 5.74) is 0.457. The number of sulfonamides is 1. The van der Waals surface area contributed by atoms with Crippen molar-refractivity contribution in [3.8, 4) is 11.5 Å². The molecule has 9 heteroatoms. The van der Waals surface area contributed by atoms with Crippen LogP contribution in [-0.2, 0) is 14.8 Å². The molecule has 0 aliphatic heterocycles. The fourth-order valence-electron chi connectivity index (χ4n) is 2.24. The van der Waals surface area contributed by atoms with E-state index in [4.69, 9.17) is 9.47 Å². The van der Waals surface area contributed by atoms with E-state index in [-0.39, 0.29) is 16.9 Å². The third-order valence-corrected chi connectivity index (χ3v) is 4.16. The number of nitrogens with one attached hydrogen (secondary N) is 1. The molecule has 0 radical (unpaired) electrons. The SMILES string of the molecule is COc1ccc(C(=O)O[C@H](C)C(=O)c2ccc(NS(C)(=O)=O)cc2)c(O)c1. The first-order chi connectivity index (χ1) is 12.6. The van der Waals surface area contributed by atoms with Crippen LogP contribution < -0.4 is 9.46 Å². The summed E-state index contributed by atoms with van der Waals surface area (Å²) in [7, 11) is -2.00. The van der Waals surface area contributed by atoms with Crippen LogP contribution in [0.5, 0.6) is 11.5 Å². The van der Waals surface area contributed by atoms with Crippen molar-refractivity contribution in [1.82, 2.24) is 0 Å². The van der Waals surface area contributed by atoms with Gasteiger partial charge in [0.1, 0.15) is 17.1 Å². The fourth-order valence-corrected chi connectivity index (χ4v) is 2.80. The van der Waals surface area contributed by atoms with Gasteiger partial charge < -0.3 is 14.6 Å². The molecule has 2 aromatic rings. The van der Waals surface area contributed by atoms with E-state index in [1.54, 1.807) is 0 Å². The molecule has 144 valence electrons. The van der Waals surface area contributed by atoms with Crippen molar-refractivity contribution in [3.05, 3.63) is 53.6 Å². The van der Waals surface area contributed by atoms with Gasteiger partial charge in [-0.25, -0.2) is 13.2 Å². The summed E-state index contributed by atoms with van der Waals surface area (Å²) in [6.07, 6.45) is -0.0879. The average molecular weight is 393 g/mol. The molecule has 2 aromatic carbocycles. The highest BCUT2D eigenvalue weighted by atomic mass is 32.2. The summed E-state index contributed by atoms with van der Waals surface area (Å²) in [6, 6.07) is 9.78. The van der Waals surface area contributed by atoms with Crippen LogP contribution in [0.2, 0.25) is 0 Å². The number of hydrogen-bond acceptors (Lipinski definition) is 7. The first-order valence-electron chi connectivity index (χ1n) is 7.81. The minimum atomic E-state index is -3.42. The maximum absolute atomic E-state index is 12.4. The Hall–Kier alpha value is -3.07. The number of methoxy groups -OCH3 is 1. The zero-order valence-corrected chi connectivity index (χ0v) is 15.7. The van der Waals surface area contributed by atoms with Gasteiger partial charge >= 0.3 is 5.97 Å². The van der Waals surface area contributed by atoms with Crippen LogP contribution in [0, 0.1) is 0 Å². The molecular weight excluding hydrogens is 374 g/mol. The number of anilines is 1. The number of carbonyl (C=O) groups is 2. The number of esters is 1. The van der Waals surface area contributed by atoms with Crippen molar-refractivity contribution in [1.29, 1.82) is 0 Å². The maximum Gasteiger partial charge on any atom is 0.342 e. The zero-order valence-electron chi connectivity index (χ0n) is 14.9. The number of carbonyl (C=O) groups excluding carboxylic acids is 2. The van der Waals surface area contributed by atoms with Crippen LogP contribution in [-0.4, -0.2) is 44.7 Å². The summed E-state index contributed by atoms with van der Waals surface area (Å²) in [4.78, 5) is 24.6. The van der Waals surface area contributed by atoms with Gasteiger partial charge in [0.15, 0.2) is 6.10 Å². The van der Waals surface area contributed by atoms with Crippen molar-refractivity contribution in [2.45, 2.75) is 13.0 Å².